The van der Waals surface area contributed by atoms with Gasteiger partial charge in [-0.25, -0.2) is 4.98 Å². The Hall–Kier alpha value is -3.15. The van der Waals surface area contributed by atoms with Crippen LogP contribution < -0.4 is 10.7 Å². The molecular weight excluding hydrogens is 306 g/mol. The molecule has 6 heteroatoms. The van der Waals surface area contributed by atoms with Crippen molar-refractivity contribution in [1.82, 2.24) is 14.9 Å². The van der Waals surface area contributed by atoms with Crippen molar-refractivity contribution in [1.29, 1.82) is 0 Å². The molecule has 1 amide bonds. The van der Waals surface area contributed by atoms with Crippen molar-refractivity contribution in [2.24, 2.45) is 0 Å². The van der Waals surface area contributed by atoms with Gasteiger partial charge in [0, 0.05) is 31.1 Å². The summed E-state index contributed by atoms with van der Waals surface area (Å²) in [6, 6.07) is 11.9. The van der Waals surface area contributed by atoms with Crippen molar-refractivity contribution in [2.75, 3.05) is 0 Å². The number of hydrogen-bond donors (Lipinski definition) is 1. The summed E-state index contributed by atoms with van der Waals surface area (Å²) in [7, 11) is 0. The van der Waals surface area contributed by atoms with Crippen LogP contribution in [0.25, 0.3) is 0 Å². The fourth-order valence-electron chi connectivity index (χ4n) is 2.47. The van der Waals surface area contributed by atoms with Crippen LogP contribution in [0.4, 0.5) is 0 Å². The van der Waals surface area contributed by atoms with Crippen molar-refractivity contribution >= 4 is 5.91 Å². The molecule has 1 N–H and O–H groups in total. The Kier molecular flexibility index (Phi) is 4.56. The van der Waals surface area contributed by atoms with Crippen LogP contribution >= 0.6 is 0 Å². The van der Waals surface area contributed by atoms with Crippen molar-refractivity contribution in [3.8, 4) is 0 Å². The zero-order valence-corrected chi connectivity index (χ0v) is 13.2. The lowest BCUT2D eigenvalue weighted by Gasteiger charge is -2.19. The summed E-state index contributed by atoms with van der Waals surface area (Å²) in [6.45, 7) is 2.16. The van der Waals surface area contributed by atoms with Crippen LogP contribution in [0, 0.1) is 6.92 Å². The van der Waals surface area contributed by atoms with Gasteiger partial charge >= 0.3 is 0 Å². The molecule has 0 saturated heterocycles. The van der Waals surface area contributed by atoms with Crippen LogP contribution in [-0.4, -0.2) is 15.5 Å². The van der Waals surface area contributed by atoms with Crippen molar-refractivity contribution in [2.45, 2.75) is 19.5 Å². The van der Waals surface area contributed by atoms with E-state index in [1.54, 1.807) is 19.4 Å². The minimum Gasteiger partial charge on any atom is -0.456 e. The van der Waals surface area contributed by atoms with E-state index in [2.05, 4.69) is 10.3 Å². The molecule has 1 aromatic carbocycles. The molecule has 1 atom stereocenters. The number of carbonyl (C=O) groups is 1. The number of amides is 1. The molecular formula is C18H17N3O3. The van der Waals surface area contributed by atoms with Crippen molar-refractivity contribution in [3.05, 3.63) is 88.5 Å². The quantitative estimate of drug-likeness (QED) is 0.781. The summed E-state index contributed by atoms with van der Waals surface area (Å²) in [5.41, 5.74) is 0.698. The molecule has 2 aromatic heterocycles. The first-order valence-electron chi connectivity index (χ1n) is 7.55. The number of nitrogens with one attached hydrogen (secondary N) is 1. The highest BCUT2D eigenvalue weighted by molar-refractivity contribution is 5.91. The van der Waals surface area contributed by atoms with E-state index >= 15 is 0 Å². The molecule has 0 bridgehead atoms. The lowest BCUT2D eigenvalue weighted by atomic mass is 10.1. The van der Waals surface area contributed by atoms with Gasteiger partial charge in [0.25, 0.3) is 5.91 Å². The third-order valence-corrected chi connectivity index (χ3v) is 3.57. The molecule has 0 aliphatic heterocycles. The maximum absolute atomic E-state index is 12.5. The van der Waals surface area contributed by atoms with E-state index in [0.717, 1.165) is 5.56 Å². The van der Waals surface area contributed by atoms with E-state index in [0.29, 0.717) is 12.3 Å². The van der Waals surface area contributed by atoms with Crippen LogP contribution in [0.1, 0.15) is 27.9 Å². The van der Waals surface area contributed by atoms with Gasteiger partial charge in [0.1, 0.15) is 5.76 Å². The van der Waals surface area contributed by atoms with Gasteiger partial charge in [-0.3, -0.25) is 9.59 Å². The van der Waals surface area contributed by atoms with Crippen LogP contribution in [0.3, 0.4) is 0 Å². The lowest BCUT2D eigenvalue weighted by Crippen LogP contribution is -2.31. The van der Waals surface area contributed by atoms with Gasteiger partial charge in [-0.2, -0.15) is 0 Å². The number of benzene rings is 1. The predicted octanol–water partition coefficient (Wildman–Crippen LogP) is 2.32. The van der Waals surface area contributed by atoms with Gasteiger partial charge in [-0.05, 0) is 12.5 Å². The maximum atomic E-state index is 12.5. The van der Waals surface area contributed by atoms with Crippen LogP contribution in [0.15, 0.2) is 70.4 Å². The molecule has 6 nitrogen and oxygen atoms in total. The number of hydrogen-bond acceptors (Lipinski definition) is 4. The number of rotatable bonds is 5. The van der Waals surface area contributed by atoms with Gasteiger partial charge in [0.2, 0.25) is 0 Å². The van der Waals surface area contributed by atoms with E-state index in [4.69, 9.17) is 4.42 Å². The SMILES string of the molecule is Cc1cc(=O)cc(C(=O)N[C@@H](Cn2ccnc2)c2ccccc2)o1. The minimum absolute atomic E-state index is 0.00608. The van der Waals surface area contributed by atoms with E-state index in [-0.39, 0.29) is 17.2 Å². The first-order chi connectivity index (χ1) is 11.6. The van der Waals surface area contributed by atoms with E-state index in [9.17, 15) is 9.59 Å². The second kappa shape index (κ2) is 6.95. The molecule has 0 aliphatic carbocycles. The molecule has 0 aliphatic rings. The first-order valence-corrected chi connectivity index (χ1v) is 7.55. The molecule has 3 rings (SSSR count). The molecule has 122 valence electrons. The Bertz CT molecular complexity index is 870. The highest BCUT2D eigenvalue weighted by Crippen LogP contribution is 2.16. The van der Waals surface area contributed by atoms with E-state index < -0.39 is 5.91 Å². The maximum Gasteiger partial charge on any atom is 0.287 e. The van der Waals surface area contributed by atoms with Gasteiger partial charge in [-0.1, -0.05) is 30.3 Å². The molecule has 3 aromatic rings. The van der Waals surface area contributed by atoms with E-state index in [1.165, 1.54) is 12.1 Å². The summed E-state index contributed by atoms with van der Waals surface area (Å²) in [5.74, 6) is -0.0187. The number of imidazole rings is 1. The average molecular weight is 323 g/mol. The summed E-state index contributed by atoms with van der Waals surface area (Å²) in [6.07, 6.45) is 5.20. The Morgan fingerprint density at radius 1 is 1.29 bits per heavy atom. The van der Waals surface area contributed by atoms with Crippen LogP contribution in [0.5, 0.6) is 0 Å². The molecule has 0 unspecified atom stereocenters. The smallest absolute Gasteiger partial charge is 0.287 e. The zero-order chi connectivity index (χ0) is 16.9. The predicted molar refractivity (Wildman–Crippen MR) is 88.6 cm³/mol. The third kappa shape index (κ3) is 3.78. The van der Waals surface area contributed by atoms with Gasteiger partial charge < -0.3 is 14.3 Å². The molecule has 0 fully saturated rings. The highest BCUT2D eigenvalue weighted by atomic mass is 16.3. The van der Waals surface area contributed by atoms with Crippen LogP contribution in [-0.2, 0) is 6.54 Å². The average Bonchev–Trinajstić information content (AvgIpc) is 3.07. The van der Waals surface area contributed by atoms with Gasteiger partial charge in [-0.15, -0.1) is 0 Å². The second-order valence-electron chi connectivity index (χ2n) is 5.46. The standard InChI is InChI=1S/C18H17N3O3/c1-13-9-15(22)10-17(24-13)18(23)20-16(11-21-8-7-19-12-21)14-5-3-2-4-6-14/h2-10,12,16H,11H2,1H3,(H,20,23)/t16-/m0/s1. The summed E-state index contributed by atoms with van der Waals surface area (Å²) in [4.78, 5) is 28.1. The molecule has 2 heterocycles. The minimum atomic E-state index is -0.426. The number of aryl methyl sites for hydroxylation is 1. The second-order valence-corrected chi connectivity index (χ2v) is 5.46. The van der Waals surface area contributed by atoms with E-state index in [1.807, 2.05) is 41.1 Å². The summed E-state index contributed by atoms with van der Waals surface area (Å²) >= 11 is 0. The first kappa shape index (κ1) is 15.7. The fourth-order valence-corrected chi connectivity index (χ4v) is 2.47. The summed E-state index contributed by atoms with van der Waals surface area (Å²) in [5, 5.41) is 2.92. The Morgan fingerprint density at radius 3 is 2.75 bits per heavy atom. The number of nitrogens with zero attached hydrogens (tertiary/aromatic N) is 2. The number of carbonyl (C=O) groups excluding carboxylic acids is 1. The highest BCUT2D eigenvalue weighted by Gasteiger charge is 2.18. The lowest BCUT2D eigenvalue weighted by molar-refractivity contribution is 0.0900. The Labute approximate surface area is 138 Å². The molecule has 24 heavy (non-hydrogen) atoms. The van der Waals surface area contributed by atoms with Crippen molar-refractivity contribution in [3.63, 3.8) is 0 Å². The molecule has 0 saturated carbocycles. The monoisotopic (exact) mass is 323 g/mol. The summed E-state index contributed by atoms with van der Waals surface area (Å²) < 4.78 is 7.24. The van der Waals surface area contributed by atoms with Crippen LogP contribution in [0.2, 0.25) is 0 Å². The topological polar surface area (TPSA) is 77.1 Å². The number of aromatic nitrogens is 2. The third-order valence-electron chi connectivity index (χ3n) is 3.57. The molecule has 0 radical (unpaired) electrons. The Balaban J connectivity index is 1.85. The normalized spacial score (nSPS) is 11.9. The van der Waals surface area contributed by atoms with Gasteiger partial charge in [0.05, 0.1) is 12.4 Å². The largest absolute Gasteiger partial charge is 0.456 e. The zero-order valence-electron chi connectivity index (χ0n) is 13.2. The molecule has 0 spiro atoms. The Morgan fingerprint density at radius 2 is 2.08 bits per heavy atom. The van der Waals surface area contributed by atoms with Gasteiger partial charge in [0.15, 0.2) is 11.2 Å². The fraction of sp³-hybridized carbons (Fsp3) is 0.167. The van der Waals surface area contributed by atoms with Crippen molar-refractivity contribution < 1.29 is 9.21 Å².